The topological polar surface area (TPSA) is 15.3 Å². The van der Waals surface area contributed by atoms with Crippen LogP contribution >= 0.6 is 0 Å². The molecule has 3 rings (SSSR count). The number of nitrogens with zero attached hydrogens (tertiary/aromatic N) is 1. The molecule has 1 N–H and O–H groups in total. The Bertz CT molecular complexity index is 601. The van der Waals surface area contributed by atoms with E-state index in [-0.39, 0.29) is 0 Å². The summed E-state index contributed by atoms with van der Waals surface area (Å²) in [5.74, 6) is 0.705. The first-order valence-electron chi connectivity index (χ1n) is 9.78. The fourth-order valence-electron chi connectivity index (χ4n) is 3.84. The maximum absolute atomic E-state index is 3.96. The summed E-state index contributed by atoms with van der Waals surface area (Å²) in [4.78, 5) is 2.59. The van der Waals surface area contributed by atoms with Crippen molar-refractivity contribution in [3.05, 3.63) is 71.8 Å². The Morgan fingerprint density at radius 3 is 2.12 bits per heavy atom. The molecule has 0 saturated carbocycles. The van der Waals surface area contributed by atoms with E-state index in [2.05, 4.69) is 84.7 Å². The van der Waals surface area contributed by atoms with Gasteiger partial charge in [-0.15, -0.1) is 0 Å². The Kier molecular flexibility index (Phi) is 6.66. The van der Waals surface area contributed by atoms with Crippen molar-refractivity contribution >= 4 is 0 Å². The molecule has 134 valence electrons. The van der Waals surface area contributed by atoms with E-state index in [1.807, 2.05) is 0 Å². The van der Waals surface area contributed by atoms with Crippen LogP contribution in [0.4, 0.5) is 0 Å². The van der Waals surface area contributed by atoms with Crippen molar-refractivity contribution < 1.29 is 0 Å². The van der Waals surface area contributed by atoms with Gasteiger partial charge in [0.15, 0.2) is 0 Å². The van der Waals surface area contributed by atoms with Crippen LogP contribution in [-0.2, 0) is 6.54 Å². The first-order valence-corrected chi connectivity index (χ1v) is 9.78. The van der Waals surface area contributed by atoms with Crippen LogP contribution in [0.15, 0.2) is 60.7 Å². The van der Waals surface area contributed by atoms with E-state index in [9.17, 15) is 0 Å². The van der Waals surface area contributed by atoms with Gasteiger partial charge in [-0.2, -0.15) is 0 Å². The molecule has 25 heavy (non-hydrogen) atoms. The number of likely N-dealkylation sites (tertiary alicyclic amines) is 1. The van der Waals surface area contributed by atoms with Crippen molar-refractivity contribution in [2.45, 2.75) is 51.7 Å². The average Bonchev–Trinajstić information content (AvgIpc) is 2.64. The predicted octanol–water partition coefficient (Wildman–Crippen LogP) is 5.03. The van der Waals surface area contributed by atoms with E-state index in [1.54, 1.807) is 0 Å². The lowest BCUT2D eigenvalue weighted by Gasteiger charge is -2.35. The van der Waals surface area contributed by atoms with Gasteiger partial charge >= 0.3 is 0 Å². The molecular weight excluding hydrogens is 304 g/mol. The SMILES string of the molecule is CC(C)CC(NC1CCN(Cc2ccccc2)CC1)c1ccccc1. The van der Waals surface area contributed by atoms with Crippen LogP contribution in [0.3, 0.4) is 0 Å². The van der Waals surface area contributed by atoms with Crippen molar-refractivity contribution in [1.82, 2.24) is 10.2 Å². The first-order chi connectivity index (χ1) is 12.2. The minimum Gasteiger partial charge on any atom is -0.307 e. The third-order valence-corrected chi connectivity index (χ3v) is 5.18. The van der Waals surface area contributed by atoms with Crippen LogP contribution in [0.25, 0.3) is 0 Å². The molecule has 0 aliphatic carbocycles. The van der Waals surface area contributed by atoms with Gasteiger partial charge in [0.2, 0.25) is 0 Å². The Labute approximate surface area is 153 Å². The van der Waals surface area contributed by atoms with Gasteiger partial charge in [-0.1, -0.05) is 74.5 Å². The second-order valence-corrected chi connectivity index (χ2v) is 7.80. The summed E-state index contributed by atoms with van der Waals surface area (Å²) < 4.78 is 0. The zero-order valence-corrected chi connectivity index (χ0v) is 15.7. The van der Waals surface area contributed by atoms with Gasteiger partial charge in [0, 0.05) is 18.6 Å². The molecule has 2 heteroatoms. The summed E-state index contributed by atoms with van der Waals surface area (Å²) in [7, 11) is 0. The Morgan fingerprint density at radius 1 is 0.920 bits per heavy atom. The van der Waals surface area contributed by atoms with Crippen LogP contribution in [0.5, 0.6) is 0 Å². The van der Waals surface area contributed by atoms with Crippen molar-refractivity contribution in [2.24, 2.45) is 5.92 Å². The lowest BCUT2D eigenvalue weighted by molar-refractivity contribution is 0.181. The van der Waals surface area contributed by atoms with Crippen molar-refractivity contribution in [2.75, 3.05) is 13.1 Å². The molecule has 0 amide bonds. The monoisotopic (exact) mass is 336 g/mol. The second-order valence-electron chi connectivity index (χ2n) is 7.80. The van der Waals surface area contributed by atoms with Gasteiger partial charge in [-0.05, 0) is 49.4 Å². The predicted molar refractivity (Wildman–Crippen MR) is 107 cm³/mol. The molecule has 0 radical (unpaired) electrons. The van der Waals surface area contributed by atoms with Crippen LogP contribution in [0.2, 0.25) is 0 Å². The Morgan fingerprint density at radius 2 is 1.52 bits per heavy atom. The van der Waals surface area contributed by atoms with Crippen LogP contribution in [0, 0.1) is 5.92 Å². The number of nitrogens with one attached hydrogen (secondary N) is 1. The lowest BCUT2D eigenvalue weighted by Crippen LogP contribution is -2.43. The highest BCUT2D eigenvalue weighted by atomic mass is 15.1. The highest BCUT2D eigenvalue weighted by molar-refractivity contribution is 5.19. The molecule has 1 saturated heterocycles. The number of hydrogen-bond acceptors (Lipinski definition) is 2. The number of hydrogen-bond donors (Lipinski definition) is 1. The number of piperidine rings is 1. The molecule has 1 atom stereocenters. The summed E-state index contributed by atoms with van der Waals surface area (Å²) in [5, 5.41) is 3.96. The summed E-state index contributed by atoms with van der Waals surface area (Å²) in [6.45, 7) is 8.10. The normalized spacial score (nSPS) is 17.7. The average molecular weight is 337 g/mol. The molecule has 2 aromatic carbocycles. The van der Waals surface area contributed by atoms with E-state index in [4.69, 9.17) is 0 Å². The smallest absolute Gasteiger partial charge is 0.0325 e. The van der Waals surface area contributed by atoms with Crippen LogP contribution < -0.4 is 5.32 Å². The molecule has 1 fully saturated rings. The van der Waals surface area contributed by atoms with Crippen LogP contribution in [0.1, 0.15) is 50.3 Å². The molecule has 0 aromatic heterocycles. The number of benzene rings is 2. The van der Waals surface area contributed by atoms with E-state index in [0.29, 0.717) is 18.0 Å². The number of rotatable bonds is 7. The largest absolute Gasteiger partial charge is 0.307 e. The summed E-state index contributed by atoms with van der Waals surface area (Å²) in [6, 6.07) is 22.9. The van der Waals surface area contributed by atoms with E-state index < -0.39 is 0 Å². The minimum absolute atomic E-state index is 0.479. The zero-order valence-electron chi connectivity index (χ0n) is 15.7. The van der Waals surface area contributed by atoms with Crippen molar-refractivity contribution in [1.29, 1.82) is 0 Å². The molecule has 2 aromatic rings. The third-order valence-electron chi connectivity index (χ3n) is 5.18. The zero-order chi connectivity index (χ0) is 17.5. The van der Waals surface area contributed by atoms with Gasteiger partial charge in [0.05, 0.1) is 0 Å². The molecule has 1 unspecified atom stereocenters. The van der Waals surface area contributed by atoms with Gasteiger partial charge in [-0.3, -0.25) is 4.90 Å². The molecule has 1 aliphatic heterocycles. The Balaban J connectivity index is 1.52. The fraction of sp³-hybridized carbons (Fsp3) is 0.478. The molecule has 1 aliphatic rings. The molecule has 1 heterocycles. The molecule has 0 spiro atoms. The standard InChI is InChI=1S/C23H32N2/c1-19(2)17-23(21-11-7-4-8-12-21)24-22-13-15-25(16-14-22)18-20-9-5-3-6-10-20/h3-12,19,22-24H,13-18H2,1-2H3. The van der Waals surface area contributed by atoms with Gasteiger partial charge < -0.3 is 5.32 Å². The van der Waals surface area contributed by atoms with E-state index in [0.717, 1.165) is 6.54 Å². The van der Waals surface area contributed by atoms with E-state index >= 15 is 0 Å². The lowest BCUT2D eigenvalue weighted by atomic mass is 9.94. The molecular formula is C23H32N2. The summed E-state index contributed by atoms with van der Waals surface area (Å²) in [5.41, 5.74) is 2.86. The minimum atomic E-state index is 0.479. The summed E-state index contributed by atoms with van der Waals surface area (Å²) in [6.07, 6.45) is 3.69. The second kappa shape index (κ2) is 9.17. The van der Waals surface area contributed by atoms with Gasteiger partial charge in [0.25, 0.3) is 0 Å². The van der Waals surface area contributed by atoms with E-state index in [1.165, 1.54) is 43.5 Å². The van der Waals surface area contributed by atoms with Crippen molar-refractivity contribution in [3.63, 3.8) is 0 Å². The maximum atomic E-state index is 3.96. The maximum Gasteiger partial charge on any atom is 0.0325 e. The van der Waals surface area contributed by atoms with Gasteiger partial charge in [0.1, 0.15) is 0 Å². The quantitative estimate of drug-likeness (QED) is 0.763. The van der Waals surface area contributed by atoms with Crippen molar-refractivity contribution in [3.8, 4) is 0 Å². The molecule has 2 nitrogen and oxygen atoms in total. The highest BCUT2D eigenvalue weighted by Gasteiger charge is 2.23. The first kappa shape index (κ1) is 18.2. The van der Waals surface area contributed by atoms with Gasteiger partial charge in [-0.25, -0.2) is 0 Å². The highest BCUT2D eigenvalue weighted by Crippen LogP contribution is 2.24. The fourth-order valence-corrected chi connectivity index (χ4v) is 3.84. The third kappa shape index (κ3) is 5.69. The Hall–Kier alpha value is -1.64. The van der Waals surface area contributed by atoms with Crippen LogP contribution in [-0.4, -0.2) is 24.0 Å². The summed E-state index contributed by atoms with van der Waals surface area (Å²) >= 11 is 0. The molecule has 0 bridgehead atoms.